The molecule has 3 atom stereocenters. The lowest BCUT2D eigenvalue weighted by Crippen LogP contribution is -2.61. The largest absolute Gasteiger partial charge is 0.350 e. The van der Waals surface area contributed by atoms with Crippen LogP contribution >= 0.6 is 23.4 Å². The molecule has 2 amide bonds. The van der Waals surface area contributed by atoms with E-state index in [1.807, 2.05) is 31.1 Å². The van der Waals surface area contributed by atoms with Gasteiger partial charge in [-0.15, -0.1) is 0 Å². The molecule has 0 saturated carbocycles. The Bertz CT molecular complexity index is 1400. The number of nitrogens with zero attached hydrogens (tertiary/aromatic N) is 6. The molecular weight excluding hydrogens is 553 g/mol. The van der Waals surface area contributed by atoms with Gasteiger partial charge in [-0.2, -0.15) is 0 Å². The number of amidine groups is 3. The molecule has 12 heteroatoms. The number of benzene rings is 1. The zero-order valence-corrected chi connectivity index (χ0v) is 24.3. The zero-order valence-electron chi connectivity index (χ0n) is 22.8. The number of aliphatic imine (C=N–C) groups is 4. The van der Waals surface area contributed by atoms with Gasteiger partial charge in [0, 0.05) is 11.6 Å². The van der Waals surface area contributed by atoms with Gasteiger partial charge >= 0.3 is 0 Å². The Labute approximate surface area is 242 Å². The number of thioether (sulfide) groups is 1. The molecule has 2 aliphatic heterocycles. The lowest BCUT2D eigenvalue weighted by atomic mass is 9.76. The van der Waals surface area contributed by atoms with E-state index in [9.17, 15) is 14.0 Å². The number of anilines is 1. The van der Waals surface area contributed by atoms with Crippen LogP contribution in [0, 0.1) is 11.2 Å². The number of carbonyl (C=O) groups is 2. The molecule has 0 radical (unpaired) electrons. The number of carbonyl (C=O) groups excluding carboxylic acids is 2. The number of hydrogen-bond donors (Lipinski definition) is 1. The number of nitrogens with one attached hydrogen (secondary N) is 1. The van der Waals surface area contributed by atoms with E-state index < -0.39 is 23.3 Å². The van der Waals surface area contributed by atoms with Gasteiger partial charge in [0.1, 0.15) is 28.7 Å². The normalized spacial score (nSPS) is 23.9. The third-order valence-electron chi connectivity index (χ3n) is 6.86. The molecule has 1 N–H and O–H groups in total. The maximum atomic E-state index is 14.4. The van der Waals surface area contributed by atoms with Gasteiger partial charge in [0.05, 0.1) is 30.5 Å². The van der Waals surface area contributed by atoms with Crippen LogP contribution in [0.1, 0.15) is 33.6 Å². The molecule has 3 unspecified atom stereocenters. The summed E-state index contributed by atoms with van der Waals surface area (Å²) < 4.78 is 14.4. The topological polar surface area (TPSA) is 102 Å². The Morgan fingerprint density at radius 2 is 2.12 bits per heavy atom. The van der Waals surface area contributed by atoms with Crippen LogP contribution in [0.5, 0.6) is 0 Å². The Morgan fingerprint density at radius 3 is 2.83 bits per heavy atom. The molecular formula is C28H31ClFN7O2S. The lowest BCUT2D eigenvalue weighted by molar-refractivity contribution is -0.125. The van der Waals surface area contributed by atoms with Crippen molar-refractivity contribution in [1.82, 2.24) is 10.2 Å². The van der Waals surface area contributed by atoms with Gasteiger partial charge in [-0.3, -0.25) is 19.5 Å². The van der Waals surface area contributed by atoms with Gasteiger partial charge in [0.25, 0.3) is 0 Å². The SMILES string of the molecule is C=C1N=CNC(=O)CC(N(CCC)C(C)C2=NC3C=CC=C(Cl)C3(C)C(=O)N2c2cccc(F)c2)=NC(SC)=N1. The minimum atomic E-state index is -1.16. The fraction of sp³-hybridized carbons (Fsp3) is 0.357. The second-order valence-corrected chi connectivity index (χ2v) is 10.7. The van der Waals surface area contributed by atoms with Crippen LogP contribution in [0.3, 0.4) is 0 Å². The summed E-state index contributed by atoms with van der Waals surface area (Å²) in [6.45, 7) is 9.91. The number of hydrogen-bond acceptors (Lipinski definition) is 8. The lowest BCUT2D eigenvalue weighted by Gasteiger charge is -2.46. The number of amides is 2. The first kappa shape index (κ1) is 29.4. The Balaban J connectivity index is 1.87. The Hall–Kier alpha value is -3.57. The fourth-order valence-corrected chi connectivity index (χ4v) is 5.38. The molecule has 1 aromatic carbocycles. The summed E-state index contributed by atoms with van der Waals surface area (Å²) in [7, 11) is 0. The van der Waals surface area contributed by atoms with E-state index in [0.717, 1.165) is 0 Å². The molecule has 3 aliphatic rings. The molecule has 4 rings (SSSR count). The van der Waals surface area contributed by atoms with E-state index in [2.05, 4.69) is 21.9 Å². The highest BCUT2D eigenvalue weighted by atomic mass is 35.5. The molecule has 0 saturated heterocycles. The second-order valence-electron chi connectivity index (χ2n) is 9.57. The predicted molar refractivity (Wildman–Crippen MR) is 162 cm³/mol. The monoisotopic (exact) mass is 583 g/mol. The minimum Gasteiger partial charge on any atom is -0.350 e. The van der Waals surface area contributed by atoms with Crippen LogP contribution in [-0.2, 0) is 9.59 Å². The molecule has 0 spiro atoms. The first-order valence-corrected chi connectivity index (χ1v) is 14.4. The molecule has 0 fully saturated rings. The van der Waals surface area contributed by atoms with E-state index in [-0.39, 0.29) is 24.1 Å². The van der Waals surface area contributed by atoms with E-state index in [1.54, 1.807) is 31.2 Å². The number of fused-ring (bicyclic) bond motifs is 1. The summed E-state index contributed by atoms with van der Waals surface area (Å²) in [6.07, 6.45) is 9.01. The van der Waals surface area contributed by atoms with Crippen molar-refractivity contribution in [3.8, 4) is 0 Å². The molecule has 210 valence electrons. The maximum absolute atomic E-state index is 14.4. The van der Waals surface area contributed by atoms with Gasteiger partial charge < -0.3 is 10.2 Å². The smallest absolute Gasteiger partial charge is 0.246 e. The van der Waals surface area contributed by atoms with Crippen molar-refractivity contribution in [1.29, 1.82) is 0 Å². The van der Waals surface area contributed by atoms with Gasteiger partial charge in [0.2, 0.25) is 11.8 Å². The highest BCUT2D eigenvalue weighted by molar-refractivity contribution is 8.13. The summed E-state index contributed by atoms with van der Waals surface area (Å²) >= 11 is 7.90. The first-order chi connectivity index (χ1) is 19.1. The molecule has 1 aromatic rings. The third-order valence-corrected chi connectivity index (χ3v) is 7.93. The number of halogens is 2. The van der Waals surface area contributed by atoms with Crippen LogP contribution in [0.25, 0.3) is 0 Å². The van der Waals surface area contributed by atoms with Gasteiger partial charge in [-0.1, -0.05) is 55.1 Å². The van der Waals surface area contributed by atoms with E-state index in [1.165, 1.54) is 35.1 Å². The molecule has 9 nitrogen and oxygen atoms in total. The predicted octanol–water partition coefficient (Wildman–Crippen LogP) is 4.88. The van der Waals surface area contributed by atoms with Gasteiger partial charge in [0.15, 0.2) is 5.17 Å². The van der Waals surface area contributed by atoms with Crippen LogP contribution in [0.15, 0.2) is 79.9 Å². The quantitative estimate of drug-likeness (QED) is 0.534. The Morgan fingerprint density at radius 1 is 1.35 bits per heavy atom. The second kappa shape index (κ2) is 12.3. The summed E-state index contributed by atoms with van der Waals surface area (Å²) in [5.74, 6) is -0.131. The van der Waals surface area contributed by atoms with E-state index in [4.69, 9.17) is 21.6 Å². The van der Waals surface area contributed by atoms with Crippen molar-refractivity contribution < 1.29 is 14.0 Å². The van der Waals surface area contributed by atoms with Crippen molar-refractivity contribution in [2.75, 3.05) is 17.7 Å². The Kier molecular flexibility index (Phi) is 9.05. The van der Waals surface area contributed by atoms with Crippen LogP contribution in [0.2, 0.25) is 0 Å². The average molecular weight is 584 g/mol. The number of allylic oxidation sites excluding steroid dienone is 2. The summed E-state index contributed by atoms with van der Waals surface area (Å²) in [4.78, 5) is 48.5. The van der Waals surface area contributed by atoms with Crippen LogP contribution < -0.4 is 10.2 Å². The fourth-order valence-electron chi connectivity index (χ4n) is 4.72. The summed E-state index contributed by atoms with van der Waals surface area (Å²) in [6, 6.07) is 4.69. The summed E-state index contributed by atoms with van der Waals surface area (Å²) in [5.41, 5.74) is -0.830. The van der Waals surface area contributed by atoms with Crippen molar-refractivity contribution in [3.63, 3.8) is 0 Å². The van der Waals surface area contributed by atoms with Gasteiger partial charge in [-0.05, 0) is 50.8 Å². The van der Waals surface area contributed by atoms with Crippen molar-refractivity contribution in [3.05, 3.63) is 65.7 Å². The third kappa shape index (κ3) is 5.80. The molecule has 1 aliphatic carbocycles. The first-order valence-electron chi connectivity index (χ1n) is 12.8. The van der Waals surface area contributed by atoms with Crippen molar-refractivity contribution >= 4 is 64.0 Å². The van der Waals surface area contributed by atoms with Crippen LogP contribution in [-0.4, -0.2) is 64.8 Å². The molecule has 2 heterocycles. The highest BCUT2D eigenvalue weighted by Crippen LogP contribution is 2.44. The maximum Gasteiger partial charge on any atom is 0.246 e. The zero-order chi connectivity index (χ0) is 29.0. The molecule has 0 bridgehead atoms. The molecule has 40 heavy (non-hydrogen) atoms. The van der Waals surface area contributed by atoms with E-state index >= 15 is 0 Å². The van der Waals surface area contributed by atoms with Crippen molar-refractivity contribution in [2.24, 2.45) is 25.4 Å². The highest BCUT2D eigenvalue weighted by Gasteiger charge is 2.52. The van der Waals surface area contributed by atoms with Gasteiger partial charge in [-0.25, -0.2) is 19.4 Å². The average Bonchev–Trinajstić information content (AvgIpc) is 2.92. The number of rotatable bonds is 5. The van der Waals surface area contributed by atoms with E-state index in [0.29, 0.717) is 40.5 Å². The van der Waals surface area contributed by atoms with Crippen LogP contribution in [0.4, 0.5) is 10.1 Å². The molecule has 0 aromatic heterocycles. The summed E-state index contributed by atoms with van der Waals surface area (Å²) in [5, 5.41) is 3.34. The standard InChI is InChI=1S/C28H31ClFN7O2S/c1-6-13-36(23-15-24(38)32-16-31-18(3)33-27(35-23)40-5)17(2)25-34-22-12-8-11-21(29)28(22,4)26(39)37(25)20-10-7-9-19(30)14-20/h7-12,14,16-17,22H,3,6,13,15H2,1-2,4-5H3,(H,31,32,38). The minimum absolute atomic E-state index is 0.0702. The van der Waals surface area contributed by atoms with Crippen molar-refractivity contribution in [2.45, 2.75) is 45.7 Å².